The van der Waals surface area contributed by atoms with Gasteiger partial charge in [0.1, 0.15) is 6.04 Å². The second-order valence-electron chi connectivity index (χ2n) is 5.33. The Morgan fingerprint density at radius 3 is 2.26 bits per heavy atom. The predicted molar refractivity (Wildman–Crippen MR) is 66.8 cm³/mol. The normalized spacial score (nSPS) is 18.6. The molecule has 1 aliphatic rings. The first-order chi connectivity index (χ1) is 8.82. The van der Waals surface area contributed by atoms with E-state index in [4.69, 9.17) is 10.2 Å². The molecule has 1 fully saturated rings. The maximum absolute atomic E-state index is 11.6. The van der Waals surface area contributed by atoms with Crippen molar-refractivity contribution in [1.82, 2.24) is 10.6 Å². The van der Waals surface area contributed by atoms with Gasteiger partial charge < -0.3 is 20.8 Å². The highest BCUT2D eigenvalue weighted by molar-refractivity contribution is 5.86. The van der Waals surface area contributed by atoms with E-state index in [0.717, 1.165) is 25.7 Å². The molecule has 2 amide bonds. The summed E-state index contributed by atoms with van der Waals surface area (Å²) >= 11 is 0. The minimum Gasteiger partial charge on any atom is -0.481 e. The van der Waals surface area contributed by atoms with Crippen molar-refractivity contribution >= 4 is 18.0 Å². The van der Waals surface area contributed by atoms with Crippen molar-refractivity contribution in [3.63, 3.8) is 0 Å². The first kappa shape index (κ1) is 15.3. The lowest BCUT2D eigenvalue weighted by Crippen LogP contribution is -2.48. The van der Waals surface area contributed by atoms with Crippen molar-refractivity contribution < 1.29 is 24.6 Å². The summed E-state index contributed by atoms with van der Waals surface area (Å²) in [5.74, 6) is -2.62. The first-order valence-corrected chi connectivity index (χ1v) is 6.31. The third-order valence-corrected chi connectivity index (χ3v) is 3.47. The van der Waals surface area contributed by atoms with Gasteiger partial charge in [0.2, 0.25) is 0 Å². The van der Waals surface area contributed by atoms with Crippen molar-refractivity contribution in [2.75, 3.05) is 6.54 Å². The van der Waals surface area contributed by atoms with Crippen LogP contribution < -0.4 is 10.6 Å². The van der Waals surface area contributed by atoms with E-state index < -0.39 is 30.4 Å². The predicted octanol–water partition coefficient (Wildman–Crippen LogP) is 0.794. The summed E-state index contributed by atoms with van der Waals surface area (Å²) < 4.78 is 0. The Kier molecular flexibility index (Phi) is 5.14. The van der Waals surface area contributed by atoms with Crippen LogP contribution >= 0.6 is 0 Å². The topological polar surface area (TPSA) is 116 Å². The molecule has 0 aromatic carbocycles. The molecule has 108 valence electrons. The molecule has 7 nitrogen and oxygen atoms in total. The van der Waals surface area contributed by atoms with Crippen LogP contribution in [0.25, 0.3) is 0 Å². The minimum atomic E-state index is -1.41. The Balaban J connectivity index is 2.40. The molecule has 7 heteroatoms. The molecule has 0 heterocycles. The fraction of sp³-hybridized carbons (Fsp3) is 0.750. The molecular weight excluding hydrogens is 252 g/mol. The number of carbonyl (C=O) groups is 3. The summed E-state index contributed by atoms with van der Waals surface area (Å²) in [6.45, 7) is 2.55. The quantitative estimate of drug-likeness (QED) is 0.570. The second-order valence-corrected chi connectivity index (χ2v) is 5.33. The van der Waals surface area contributed by atoms with Crippen LogP contribution in [-0.2, 0) is 9.59 Å². The van der Waals surface area contributed by atoms with Gasteiger partial charge in [-0.25, -0.2) is 9.59 Å². The van der Waals surface area contributed by atoms with E-state index in [1.54, 1.807) is 0 Å². The number of carboxylic acids is 2. The molecule has 19 heavy (non-hydrogen) atoms. The van der Waals surface area contributed by atoms with Crippen molar-refractivity contribution in [2.24, 2.45) is 5.41 Å². The van der Waals surface area contributed by atoms with E-state index >= 15 is 0 Å². The zero-order valence-electron chi connectivity index (χ0n) is 10.9. The number of urea groups is 1. The van der Waals surface area contributed by atoms with E-state index in [1.165, 1.54) is 0 Å². The van der Waals surface area contributed by atoms with E-state index in [9.17, 15) is 14.4 Å². The lowest BCUT2D eigenvalue weighted by molar-refractivity contribution is -0.145. The molecule has 0 aromatic rings. The van der Waals surface area contributed by atoms with Gasteiger partial charge in [0.05, 0.1) is 6.42 Å². The zero-order chi connectivity index (χ0) is 14.5. The highest BCUT2D eigenvalue weighted by Gasteiger charge is 2.29. The van der Waals surface area contributed by atoms with Crippen molar-refractivity contribution in [2.45, 2.75) is 45.1 Å². The van der Waals surface area contributed by atoms with Gasteiger partial charge in [-0.05, 0) is 18.3 Å². The molecule has 0 bridgehead atoms. The van der Waals surface area contributed by atoms with Gasteiger partial charge in [-0.2, -0.15) is 0 Å². The summed E-state index contributed by atoms with van der Waals surface area (Å²) in [7, 11) is 0. The molecule has 0 spiro atoms. The molecule has 0 aliphatic heterocycles. The number of hydrogen-bond donors (Lipinski definition) is 4. The van der Waals surface area contributed by atoms with Gasteiger partial charge in [-0.3, -0.25) is 4.79 Å². The number of aliphatic carboxylic acids is 2. The Hall–Kier alpha value is -1.79. The van der Waals surface area contributed by atoms with Gasteiger partial charge in [0.25, 0.3) is 0 Å². The number of rotatable bonds is 6. The molecule has 1 atom stereocenters. The summed E-state index contributed by atoms with van der Waals surface area (Å²) in [5, 5.41) is 22.1. The van der Waals surface area contributed by atoms with Gasteiger partial charge in [-0.15, -0.1) is 0 Å². The van der Waals surface area contributed by atoms with Crippen LogP contribution in [0.5, 0.6) is 0 Å². The molecule has 1 rings (SSSR count). The average molecular weight is 272 g/mol. The fourth-order valence-electron chi connectivity index (χ4n) is 2.28. The average Bonchev–Trinajstić information content (AvgIpc) is 2.73. The summed E-state index contributed by atoms with van der Waals surface area (Å²) in [6.07, 6.45) is 3.70. The maximum Gasteiger partial charge on any atom is 0.326 e. The van der Waals surface area contributed by atoms with Gasteiger partial charge in [0, 0.05) is 6.54 Å². The van der Waals surface area contributed by atoms with E-state index in [-0.39, 0.29) is 5.41 Å². The molecule has 0 unspecified atom stereocenters. The third kappa shape index (κ3) is 5.15. The molecule has 1 aliphatic carbocycles. The molecule has 0 saturated heterocycles. The molecular formula is C12H20N2O5. The SMILES string of the molecule is CC1(CNC(=O)N[C@H](CC(=O)O)C(=O)O)CCCC1. The largest absolute Gasteiger partial charge is 0.481 e. The number of hydrogen-bond acceptors (Lipinski definition) is 3. The smallest absolute Gasteiger partial charge is 0.326 e. The van der Waals surface area contributed by atoms with Crippen LogP contribution in [0.3, 0.4) is 0 Å². The Labute approximate surface area is 111 Å². The number of carboxylic acid groups (broad SMARTS) is 2. The summed E-state index contributed by atoms with van der Waals surface area (Å²) in [5.41, 5.74) is 0.0584. The standard InChI is InChI=1S/C12H20N2O5/c1-12(4-2-3-5-12)7-13-11(19)14-8(10(17)18)6-9(15)16/h8H,2-7H2,1H3,(H,15,16)(H,17,18)(H2,13,14,19)/t8-/m1/s1. The Bertz CT molecular complexity index is 363. The van der Waals surface area contributed by atoms with Gasteiger partial charge in [0.15, 0.2) is 0 Å². The van der Waals surface area contributed by atoms with Gasteiger partial charge in [-0.1, -0.05) is 19.8 Å². The molecule has 1 saturated carbocycles. The van der Waals surface area contributed by atoms with Crippen LogP contribution in [0.2, 0.25) is 0 Å². The van der Waals surface area contributed by atoms with E-state index in [0.29, 0.717) is 6.54 Å². The molecule has 4 N–H and O–H groups in total. The molecule has 0 radical (unpaired) electrons. The number of carbonyl (C=O) groups excluding carboxylic acids is 1. The maximum atomic E-state index is 11.6. The van der Waals surface area contributed by atoms with Crippen LogP contribution in [0.4, 0.5) is 4.79 Å². The van der Waals surface area contributed by atoms with Gasteiger partial charge >= 0.3 is 18.0 Å². The summed E-state index contributed by atoms with van der Waals surface area (Å²) in [6, 6.07) is -2.05. The lowest BCUT2D eigenvalue weighted by atomic mass is 9.89. The third-order valence-electron chi connectivity index (χ3n) is 3.47. The fourth-order valence-corrected chi connectivity index (χ4v) is 2.28. The van der Waals surface area contributed by atoms with Crippen molar-refractivity contribution in [1.29, 1.82) is 0 Å². The zero-order valence-corrected chi connectivity index (χ0v) is 10.9. The Morgan fingerprint density at radius 1 is 1.21 bits per heavy atom. The highest BCUT2D eigenvalue weighted by atomic mass is 16.4. The highest BCUT2D eigenvalue weighted by Crippen LogP contribution is 2.36. The van der Waals surface area contributed by atoms with Crippen LogP contribution in [0.1, 0.15) is 39.0 Å². The van der Waals surface area contributed by atoms with E-state index in [2.05, 4.69) is 17.6 Å². The lowest BCUT2D eigenvalue weighted by Gasteiger charge is -2.24. The first-order valence-electron chi connectivity index (χ1n) is 6.31. The van der Waals surface area contributed by atoms with Crippen molar-refractivity contribution in [3.8, 4) is 0 Å². The minimum absolute atomic E-state index is 0.0584. The number of amides is 2. The second kappa shape index (κ2) is 6.40. The van der Waals surface area contributed by atoms with Crippen LogP contribution in [-0.4, -0.2) is 40.8 Å². The monoisotopic (exact) mass is 272 g/mol. The van der Waals surface area contributed by atoms with Crippen molar-refractivity contribution in [3.05, 3.63) is 0 Å². The Morgan fingerprint density at radius 2 is 1.79 bits per heavy atom. The summed E-state index contributed by atoms with van der Waals surface area (Å²) in [4.78, 5) is 32.8. The van der Waals surface area contributed by atoms with Crippen LogP contribution in [0.15, 0.2) is 0 Å². The van der Waals surface area contributed by atoms with Crippen LogP contribution in [0, 0.1) is 5.41 Å². The molecule has 0 aromatic heterocycles. The van der Waals surface area contributed by atoms with E-state index in [1.807, 2.05) is 0 Å². The number of nitrogens with one attached hydrogen (secondary N) is 2.